The highest BCUT2D eigenvalue weighted by Gasteiger charge is 2.48. The zero-order valence-corrected chi connectivity index (χ0v) is 17.2. The van der Waals surface area contributed by atoms with E-state index in [0.717, 1.165) is 0 Å². The third-order valence-electron chi connectivity index (χ3n) is 5.25. The van der Waals surface area contributed by atoms with Gasteiger partial charge in [-0.25, -0.2) is 23.9 Å². The van der Waals surface area contributed by atoms with Gasteiger partial charge in [0.2, 0.25) is 0 Å². The van der Waals surface area contributed by atoms with Crippen molar-refractivity contribution in [2.75, 3.05) is 6.61 Å². The van der Waals surface area contributed by atoms with Crippen molar-refractivity contribution in [3.63, 3.8) is 0 Å². The normalized spacial score (nSPS) is 22.3. The summed E-state index contributed by atoms with van der Waals surface area (Å²) < 4.78 is 33.4. The predicted molar refractivity (Wildman–Crippen MR) is 112 cm³/mol. The highest BCUT2D eigenvalue weighted by molar-refractivity contribution is 5.90. The summed E-state index contributed by atoms with van der Waals surface area (Å²) in [6.45, 7) is -0.318. The maximum absolute atomic E-state index is 15.5. The average molecular weight is 449 g/mol. The van der Waals surface area contributed by atoms with Crippen molar-refractivity contribution in [3.05, 3.63) is 84.3 Å². The van der Waals surface area contributed by atoms with Gasteiger partial charge in [-0.3, -0.25) is 0 Å². The molecular formula is C23H18FN4O5-. The lowest BCUT2D eigenvalue weighted by Crippen LogP contribution is -2.37. The van der Waals surface area contributed by atoms with E-state index in [1.807, 2.05) is 0 Å². The summed E-state index contributed by atoms with van der Waals surface area (Å²) in [5.74, 6) is -1.31. The smallest absolute Gasteiger partial charge is 0.338 e. The number of carbonyl (C=O) groups excluding carboxylic acids is 2. The maximum Gasteiger partial charge on any atom is 0.338 e. The molecule has 10 heteroatoms. The second kappa shape index (κ2) is 8.83. The largest absolute Gasteiger partial charge is 0.587 e. The summed E-state index contributed by atoms with van der Waals surface area (Å²) in [6, 6.07) is 16.6. The standard InChI is InChI=1S/C23H18FN4O5/c24-18-19(33-23(30)15-9-5-2-6-10-15)17(12-31-22(29)14-7-3-1-4-8-14)32-21(18)28-20-16(27-28)11-25-13-26-20/h1-11,13,17-19,21H,12H2/q-1. The minimum atomic E-state index is -1.77. The lowest BCUT2D eigenvalue weighted by Gasteiger charge is -2.33. The van der Waals surface area contributed by atoms with Crippen molar-refractivity contribution in [3.8, 4) is 0 Å². The first kappa shape index (κ1) is 20.8. The van der Waals surface area contributed by atoms with Crippen LogP contribution in [0.4, 0.5) is 4.39 Å². The molecule has 9 nitrogen and oxygen atoms in total. The Morgan fingerprint density at radius 3 is 2.36 bits per heavy atom. The lowest BCUT2D eigenvalue weighted by molar-refractivity contribution is -0.0614. The molecule has 168 valence electrons. The van der Waals surface area contributed by atoms with Gasteiger partial charge in [0.25, 0.3) is 0 Å². The molecule has 1 aliphatic rings. The molecule has 5 rings (SSSR count). The number of ether oxygens (including phenoxy) is 3. The first-order valence-electron chi connectivity index (χ1n) is 10.2. The van der Waals surface area contributed by atoms with Crippen LogP contribution in [0.25, 0.3) is 11.2 Å². The van der Waals surface area contributed by atoms with Gasteiger partial charge in [0.05, 0.1) is 11.1 Å². The molecule has 0 saturated carbocycles. The van der Waals surface area contributed by atoms with Crippen LogP contribution in [0.3, 0.4) is 0 Å². The number of carbonyl (C=O) groups is 2. The van der Waals surface area contributed by atoms with Crippen molar-refractivity contribution in [2.45, 2.75) is 24.6 Å². The molecular weight excluding hydrogens is 431 g/mol. The number of fused-ring (bicyclic) bond motifs is 1. The number of nitrogens with zero attached hydrogens (tertiary/aromatic N) is 4. The van der Waals surface area contributed by atoms with Crippen LogP contribution >= 0.6 is 0 Å². The number of rotatable bonds is 6. The number of alkyl halides is 1. The van der Waals surface area contributed by atoms with Crippen molar-refractivity contribution >= 4 is 23.1 Å². The summed E-state index contributed by atoms with van der Waals surface area (Å²) >= 11 is 0. The van der Waals surface area contributed by atoms with Crippen LogP contribution in [0.5, 0.6) is 0 Å². The molecule has 4 unspecified atom stereocenters. The van der Waals surface area contributed by atoms with E-state index in [1.165, 1.54) is 17.2 Å². The Balaban J connectivity index is 1.36. The molecule has 3 heterocycles. The number of esters is 2. The van der Waals surface area contributed by atoms with Crippen LogP contribution in [0.15, 0.2) is 73.2 Å². The van der Waals surface area contributed by atoms with E-state index in [-0.39, 0.29) is 12.2 Å². The van der Waals surface area contributed by atoms with E-state index in [9.17, 15) is 9.59 Å². The lowest BCUT2D eigenvalue weighted by atomic mass is 10.1. The zero-order chi connectivity index (χ0) is 22.8. The van der Waals surface area contributed by atoms with Crippen molar-refractivity contribution in [1.29, 1.82) is 0 Å². The number of aromatic nitrogens is 4. The molecule has 0 spiro atoms. The Morgan fingerprint density at radius 1 is 1.03 bits per heavy atom. The highest BCUT2D eigenvalue weighted by Crippen LogP contribution is 2.36. The first-order chi connectivity index (χ1) is 16.1. The van der Waals surface area contributed by atoms with Gasteiger partial charge >= 0.3 is 11.9 Å². The summed E-state index contributed by atoms with van der Waals surface area (Å²) in [5, 5.41) is 4.16. The van der Waals surface area contributed by atoms with Crippen LogP contribution in [0.2, 0.25) is 0 Å². The van der Waals surface area contributed by atoms with Gasteiger partial charge in [-0.05, 0) is 24.3 Å². The van der Waals surface area contributed by atoms with Crippen LogP contribution in [-0.4, -0.2) is 51.6 Å². The second-order valence-electron chi connectivity index (χ2n) is 7.39. The summed E-state index contributed by atoms with van der Waals surface area (Å²) in [5.41, 5.74) is 1.49. The fourth-order valence-electron chi connectivity index (χ4n) is 3.61. The van der Waals surface area contributed by atoms with E-state index in [2.05, 4.69) is 15.1 Å². The van der Waals surface area contributed by atoms with Gasteiger partial charge in [-0.2, -0.15) is 0 Å². The third-order valence-corrected chi connectivity index (χ3v) is 5.25. The Labute approximate surface area is 187 Å². The number of hydrogen-bond donors (Lipinski definition) is 0. The van der Waals surface area contributed by atoms with Crippen LogP contribution in [-0.2, 0) is 14.2 Å². The van der Waals surface area contributed by atoms with Crippen molar-refractivity contribution < 1.29 is 28.2 Å². The molecule has 0 aliphatic carbocycles. The van der Waals surface area contributed by atoms with Crippen LogP contribution in [0.1, 0.15) is 26.9 Å². The topological polar surface area (TPSA) is 107 Å². The van der Waals surface area contributed by atoms with E-state index in [4.69, 9.17) is 14.2 Å². The molecule has 33 heavy (non-hydrogen) atoms. The first-order valence-corrected chi connectivity index (χ1v) is 10.2. The Bertz CT molecular complexity index is 1260. The average Bonchev–Trinajstić information content (AvgIpc) is 3.14. The molecule has 0 radical (unpaired) electrons. The Kier molecular flexibility index (Phi) is 5.57. The number of benzene rings is 2. The summed E-state index contributed by atoms with van der Waals surface area (Å²) in [6.07, 6.45) is -2.55. The summed E-state index contributed by atoms with van der Waals surface area (Å²) in [4.78, 5) is 32.9. The van der Waals surface area contributed by atoms with Gasteiger partial charge in [0.1, 0.15) is 24.7 Å². The quantitative estimate of drug-likeness (QED) is 0.414. The SMILES string of the molecule is O=C(OCC1OC(n2[n-]c3cncnc32)C(F)C1OC(=O)c1ccccc1)c1ccccc1. The monoisotopic (exact) mass is 449 g/mol. The second-order valence-corrected chi connectivity index (χ2v) is 7.39. The van der Waals surface area contributed by atoms with Crippen LogP contribution in [0, 0.1) is 0 Å². The minimum Gasteiger partial charge on any atom is -0.587 e. The van der Waals surface area contributed by atoms with Gasteiger partial charge in [0.15, 0.2) is 18.5 Å². The minimum absolute atomic E-state index is 0.264. The number of hydrogen-bond acceptors (Lipinski definition) is 7. The zero-order valence-electron chi connectivity index (χ0n) is 17.2. The maximum atomic E-state index is 15.5. The molecule has 0 N–H and O–H groups in total. The van der Waals surface area contributed by atoms with Gasteiger partial charge in [0, 0.05) is 6.20 Å². The molecule has 4 atom stereocenters. The Morgan fingerprint density at radius 2 is 1.70 bits per heavy atom. The molecule has 0 bridgehead atoms. The molecule has 4 aromatic rings. The van der Waals surface area contributed by atoms with E-state index < -0.39 is 36.5 Å². The third kappa shape index (κ3) is 4.08. The fraction of sp³-hybridized carbons (Fsp3) is 0.217. The van der Waals surface area contributed by atoms with E-state index >= 15 is 4.39 Å². The molecule has 0 amide bonds. The summed E-state index contributed by atoms with van der Waals surface area (Å²) in [7, 11) is 0. The van der Waals surface area contributed by atoms with E-state index in [0.29, 0.717) is 16.7 Å². The van der Waals surface area contributed by atoms with Gasteiger partial charge in [-0.1, -0.05) is 41.9 Å². The number of halogens is 1. The molecule has 1 saturated heterocycles. The predicted octanol–water partition coefficient (Wildman–Crippen LogP) is 2.71. The van der Waals surface area contributed by atoms with E-state index in [1.54, 1.807) is 60.7 Å². The molecule has 1 aliphatic heterocycles. The fourth-order valence-corrected chi connectivity index (χ4v) is 3.61. The van der Waals surface area contributed by atoms with Gasteiger partial charge in [-0.15, -0.1) is 0 Å². The van der Waals surface area contributed by atoms with Crippen molar-refractivity contribution in [2.24, 2.45) is 0 Å². The van der Waals surface area contributed by atoms with Gasteiger partial charge < -0.3 is 24.0 Å². The molecule has 1 fully saturated rings. The Hall–Kier alpha value is -4.05. The highest BCUT2D eigenvalue weighted by atomic mass is 19.1. The van der Waals surface area contributed by atoms with Crippen molar-refractivity contribution in [1.82, 2.24) is 19.7 Å². The van der Waals surface area contributed by atoms with Crippen LogP contribution < -0.4 is 5.10 Å². The molecule has 2 aromatic carbocycles. The molecule has 2 aromatic heterocycles.